The van der Waals surface area contributed by atoms with Crippen molar-refractivity contribution in [3.8, 4) is 12.3 Å². The molecule has 0 saturated carbocycles. The third-order valence-electron chi connectivity index (χ3n) is 4.51. The zero-order chi connectivity index (χ0) is 19.8. The molecule has 0 saturated heterocycles. The van der Waals surface area contributed by atoms with Crippen molar-refractivity contribution < 1.29 is 0 Å². The smallest absolute Gasteiger partial charge is 0.211 e. The number of hydrogen-bond donors (Lipinski definition) is 4. The van der Waals surface area contributed by atoms with Crippen LogP contribution in [0, 0.1) is 22.8 Å². The summed E-state index contributed by atoms with van der Waals surface area (Å²) in [4.78, 5) is 8.84. The van der Waals surface area contributed by atoms with Crippen molar-refractivity contribution in [2.45, 2.75) is 6.04 Å². The number of nitrogens with two attached hydrogens (primary N) is 2. The van der Waals surface area contributed by atoms with Gasteiger partial charge in [-0.25, -0.2) is 9.98 Å². The number of rotatable bonds is 1. The van der Waals surface area contributed by atoms with Gasteiger partial charge < -0.3 is 16.8 Å². The van der Waals surface area contributed by atoms with E-state index in [1.807, 2.05) is 48.7 Å². The standard InChI is InChI=1S/C19H13BrN8/c20-13-6-10(5-9-3-1-2-4-11(9)13)16-14-15(23)12(7-21)17(24)27-18(14)28-19(26-16)25-8-22/h1-6,16H,(H6,23,24,25,26,27,28). The molecule has 0 amide bonds. The molecule has 1 atom stereocenters. The van der Waals surface area contributed by atoms with Crippen LogP contribution in [0.3, 0.4) is 0 Å². The second-order valence-electron chi connectivity index (χ2n) is 6.13. The van der Waals surface area contributed by atoms with E-state index in [0.29, 0.717) is 11.4 Å². The number of aromatic nitrogens is 1. The molecule has 0 aliphatic carbocycles. The van der Waals surface area contributed by atoms with Crippen LogP contribution in [0.2, 0.25) is 0 Å². The van der Waals surface area contributed by atoms with Gasteiger partial charge in [0.2, 0.25) is 5.96 Å². The van der Waals surface area contributed by atoms with Gasteiger partial charge in [-0.1, -0.05) is 40.2 Å². The van der Waals surface area contributed by atoms with Crippen LogP contribution in [0.4, 0.5) is 17.3 Å². The normalized spacial score (nSPS) is 15.0. The molecule has 1 aromatic heterocycles. The minimum absolute atomic E-state index is 0.0166. The van der Waals surface area contributed by atoms with E-state index >= 15 is 0 Å². The number of guanidine groups is 1. The van der Waals surface area contributed by atoms with E-state index in [0.717, 1.165) is 20.8 Å². The first-order valence-corrected chi connectivity index (χ1v) is 8.99. The third-order valence-corrected chi connectivity index (χ3v) is 5.16. The van der Waals surface area contributed by atoms with Gasteiger partial charge in [-0.3, -0.25) is 5.32 Å². The topological polar surface area (TPSA) is 149 Å². The number of benzene rings is 2. The average molecular weight is 433 g/mol. The Morgan fingerprint density at radius 2 is 1.96 bits per heavy atom. The Balaban J connectivity index is 1.99. The molecule has 3 aromatic rings. The summed E-state index contributed by atoms with van der Waals surface area (Å²) in [6.07, 6.45) is 1.84. The van der Waals surface area contributed by atoms with Gasteiger partial charge in [-0.05, 0) is 28.5 Å². The van der Waals surface area contributed by atoms with Crippen molar-refractivity contribution in [1.82, 2.24) is 10.3 Å². The predicted molar refractivity (Wildman–Crippen MR) is 111 cm³/mol. The minimum Gasteiger partial charge on any atom is -0.397 e. The lowest BCUT2D eigenvalue weighted by Crippen LogP contribution is -2.32. The van der Waals surface area contributed by atoms with Crippen LogP contribution in [0.1, 0.15) is 22.7 Å². The van der Waals surface area contributed by atoms with Gasteiger partial charge in [0, 0.05) is 10.0 Å². The monoisotopic (exact) mass is 432 g/mol. The Labute approximate surface area is 168 Å². The number of hydrogen-bond acceptors (Lipinski definition) is 8. The summed E-state index contributed by atoms with van der Waals surface area (Å²) in [5.74, 6) is 0.596. The fourth-order valence-corrected chi connectivity index (χ4v) is 3.89. The number of nitrogens with one attached hydrogen (secondary N) is 2. The summed E-state index contributed by atoms with van der Waals surface area (Å²) < 4.78 is 0.896. The first-order valence-electron chi connectivity index (χ1n) is 8.20. The molecule has 0 radical (unpaired) electrons. The van der Waals surface area contributed by atoms with Crippen molar-refractivity contribution >= 4 is 50.0 Å². The minimum atomic E-state index is -0.576. The SMILES string of the molecule is N#CNC1=NC(c2cc(Br)c3ccccc3c2)c2c(nc(N)c(C#N)c2N)N1. The predicted octanol–water partition coefficient (Wildman–Crippen LogP) is 2.97. The summed E-state index contributed by atoms with van der Waals surface area (Å²) in [5.41, 5.74) is 13.8. The molecular formula is C19H13BrN8. The summed E-state index contributed by atoms with van der Waals surface area (Å²) >= 11 is 3.61. The molecule has 1 unspecified atom stereocenters. The van der Waals surface area contributed by atoms with Crippen LogP contribution in [-0.4, -0.2) is 10.9 Å². The second kappa shape index (κ2) is 6.72. The average Bonchev–Trinajstić information content (AvgIpc) is 2.67. The van der Waals surface area contributed by atoms with E-state index < -0.39 is 6.04 Å². The lowest BCUT2D eigenvalue weighted by atomic mass is 9.93. The second-order valence-corrected chi connectivity index (χ2v) is 6.98. The van der Waals surface area contributed by atoms with Crippen LogP contribution in [0.25, 0.3) is 10.8 Å². The van der Waals surface area contributed by atoms with Crippen molar-refractivity contribution in [2.75, 3.05) is 16.8 Å². The molecule has 2 aromatic carbocycles. The van der Waals surface area contributed by atoms with E-state index in [-0.39, 0.29) is 23.0 Å². The molecule has 1 aliphatic heterocycles. The van der Waals surface area contributed by atoms with E-state index in [4.69, 9.17) is 16.7 Å². The third kappa shape index (κ3) is 2.75. The van der Waals surface area contributed by atoms with Crippen molar-refractivity contribution in [3.05, 3.63) is 57.6 Å². The molecule has 1 aliphatic rings. The molecule has 0 fully saturated rings. The fraction of sp³-hybridized carbons (Fsp3) is 0.0526. The number of nitrogen functional groups attached to an aromatic ring is 2. The van der Waals surface area contributed by atoms with E-state index in [1.165, 1.54) is 0 Å². The van der Waals surface area contributed by atoms with E-state index in [2.05, 4.69) is 36.5 Å². The molecule has 4 rings (SSSR count). The number of fused-ring (bicyclic) bond motifs is 2. The Bertz CT molecular complexity index is 1240. The first-order chi connectivity index (χ1) is 13.5. The Morgan fingerprint density at radius 1 is 1.18 bits per heavy atom. The van der Waals surface area contributed by atoms with Gasteiger partial charge in [0.25, 0.3) is 0 Å². The highest BCUT2D eigenvalue weighted by Crippen LogP contribution is 2.42. The molecule has 136 valence electrons. The van der Waals surface area contributed by atoms with Crippen LogP contribution in [-0.2, 0) is 0 Å². The number of pyridine rings is 1. The van der Waals surface area contributed by atoms with Gasteiger partial charge in [0.15, 0.2) is 6.19 Å². The zero-order valence-corrected chi connectivity index (χ0v) is 15.9. The van der Waals surface area contributed by atoms with E-state index in [9.17, 15) is 5.26 Å². The summed E-state index contributed by atoms with van der Waals surface area (Å²) in [6.45, 7) is 0. The van der Waals surface area contributed by atoms with E-state index in [1.54, 1.807) is 0 Å². The number of aliphatic imine (C=N–C) groups is 1. The summed E-state index contributed by atoms with van der Waals surface area (Å²) in [5, 5.41) is 25.9. The highest BCUT2D eigenvalue weighted by molar-refractivity contribution is 9.10. The van der Waals surface area contributed by atoms with Crippen molar-refractivity contribution in [3.63, 3.8) is 0 Å². The van der Waals surface area contributed by atoms with Crippen molar-refractivity contribution in [1.29, 1.82) is 10.5 Å². The van der Waals surface area contributed by atoms with Crippen LogP contribution < -0.4 is 22.1 Å². The highest BCUT2D eigenvalue weighted by Gasteiger charge is 2.30. The molecular weight excluding hydrogens is 420 g/mol. The van der Waals surface area contributed by atoms with Crippen LogP contribution in [0.5, 0.6) is 0 Å². The lowest BCUT2D eigenvalue weighted by Gasteiger charge is -2.26. The fourth-order valence-electron chi connectivity index (χ4n) is 3.27. The van der Waals surface area contributed by atoms with Gasteiger partial charge >= 0.3 is 0 Å². The number of nitriles is 2. The summed E-state index contributed by atoms with van der Waals surface area (Å²) in [7, 11) is 0. The zero-order valence-electron chi connectivity index (χ0n) is 14.4. The first kappa shape index (κ1) is 17.6. The maximum absolute atomic E-state index is 9.41. The number of anilines is 3. The summed E-state index contributed by atoms with van der Waals surface area (Å²) in [6, 6.07) is 13.3. The molecule has 0 spiro atoms. The maximum atomic E-state index is 9.41. The molecule has 28 heavy (non-hydrogen) atoms. The van der Waals surface area contributed by atoms with Crippen LogP contribution >= 0.6 is 15.9 Å². The molecule has 8 nitrogen and oxygen atoms in total. The molecule has 2 heterocycles. The molecule has 6 N–H and O–H groups in total. The Hall–Kier alpha value is -3.82. The van der Waals surface area contributed by atoms with Gasteiger partial charge in [0.1, 0.15) is 29.3 Å². The lowest BCUT2D eigenvalue weighted by molar-refractivity contribution is 0.847. The maximum Gasteiger partial charge on any atom is 0.211 e. The molecule has 9 heteroatoms. The van der Waals surface area contributed by atoms with Crippen molar-refractivity contribution in [2.24, 2.45) is 4.99 Å². The van der Waals surface area contributed by atoms with Gasteiger partial charge in [-0.2, -0.15) is 10.5 Å². The Kier molecular flexibility index (Phi) is 4.22. The number of nitrogens with zero attached hydrogens (tertiary/aromatic N) is 4. The Morgan fingerprint density at radius 3 is 2.71 bits per heavy atom. The molecule has 0 bridgehead atoms. The van der Waals surface area contributed by atoms with Gasteiger partial charge in [-0.15, -0.1) is 0 Å². The van der Waals surface area contributed by atoms with Crippen LogP contribution in [0.15, 0.2) is 45.9 Å². The largest absolute Gasteiger partial charge is 0.397 e. The van der Waals surface area contributed by atoms with Gasteiger partial charge in [0.05, 0.1) is 5.69 Å². The highest BCUT2D eigenvalue weighted by atomic mass is 79.9. The quantitative estimate of drug-likeness (QED) is 0.340. The number of halogens is 1.